The lowest BCUT2D eigenvalue weighted by Gasteiger charge is -2.24. The molecule has 0 amide bonds. The fraction of sp³-hybridized carbons (Fsp3) is 0.692. The van der Waals surface area contributed by atoms with E-state index in [2.05, 4.69) is 43.6 Å². The summed E-state index contributed by atoms with van der Waals surface area (Å²) in [6.45, 7) is 7.47. The maximum absolute atomic E-state index is 5.41. The average molecular weight is 241 g/mol. The van der Waals surface area contributed by atoms with Crippen LogP contribution in [-0.4, -0.2) is 19.3 Å². The second-order valence-corrected chi connectivity index (χ2v) is 5.62. The summed E-state index contributed by atoms with van der Waals surface area (Å²) in [6, 6.07) is 4.81. The van der Waals surface area contributed by atoms with Gasteiger partial charge in [-0.05, 0) is 44.7 Å². The number of thiophene rings is 1. The van der Waals surface area contributed by atoms with Gasteiger partial charge in [-0.3, -0.25) is 0 Å². The molecule has 1 atom stereocenters. The first-order valence-corrected chi connectivity index (χ1v) is 6.79. The summed E-state index contributed by atoms with van der Waals surface area (Å²) < 4.78 is 5.41. The lowest BCUT2D eigenvalue weighted by Crippen LogP contribution is -2.30. The lowest BCUT2D eigenvalue weighted by atomic mass is 10.0. The minimum absolute atomic E-state index is 0.0270. The van der Waals surface area contributed by atoms with E-state index in [-0.39, 0.29) is 5.60 Å². The van der Waals surface area contributed by atoms with E-state index in [0.717, 1.165) is 19.4 Å². The largest absolute Gasteiger partial charge is 0.379 e. The van der Waals surface area contributed by atoms with Gasteiger partial charge < -0.3 is 10.1 Å². The van der Waals surface area contributed by atoms with Crippen molar-refractivity contribution in [3.63, 3.8) is 0 Å². The molecule has 0 spiro atoms. The molecule has 0 bridgehead atoms. The van der Waals surface area contributed by atoms with Crippen LogP contribution in [0.4, 0.5) is 0 Å². The first-order valence-electron chi connectivity index (χ1n) is 5.91. The second kappa shape index (κ2) is 6.38. The van der Waals surface area contributed by atoms with Crippen LogP contribution < -0.4 is 5.32 Å². The van der Waals surface area contributed by atoms with Crippen LogP contribution in [0.1, 0.15) is 44.5 Å². The van der Waals surface area contributed by atoms with E-state index in [1.807, 2.05) is 11.3 Å². The zero-order valence-electron chi connectivity index (χ0n) is 10.7. The van der Waals surface area contributed by atoms with Crippen molar-refractivity contribution in [2.75, 3.05) is 13.7 Å². The fourth-order valence-corrected chi connectivity index (χ4v) is 2.47. The summed E-state index contributed by atoms with van der Waals surface area (Å²) in [6.07, 6.45) is 2.17. The van der Waals surface area contributed by atoms with E-state index in [1.165, 1.54) is 4.88 Å². The summed E-state index contributed by atoms with van der Waals surface area (Å²) >= 11 is 1.83. The van der Waals surface area contributed by atoms with E-state index in [9.17, 15) is 0 Å². The van der Waals surface area contributed by atoms with Gasteiger partial charge in [-0.1, -0.05) is 13.0 Å². The molecule has 0 aliphatic carbocycles. The van der Waals surface area contributed by atoms with Crippen LogP contribution in [-0.2, 0) is 4.74 Å². The van der Waals surface area contributed by atoms with Crippen LogP contribution in [0.5, 0.6) is 0 Å². The smallest absolute Gasteiger partial charge is 0.0634 e. The zero-order valence-corrected chi connectivity index (χ0v) is 11.6. The highest BCUT2D eigenvalue weighted by atomic mass is 32.1. The van der Waals surface area contributed by atoms with E-state index < -0.39 is 0 Å². The monoisotopic (exact) mass is 241 g/mol. The number of nitrogens with one attached hydrogen (secondary N) is 1. The molecule has 1 aromatic heterocycles. The SMILES string of the molecule is CCC(NCCC(C)(C)OC)c1cccs1. The quantitative estimate of drug-likeness (QED) is 0.787. The highest BCUT2D eigenvalue weighted by Crippen LogP contribution is 2.22. The number of rotatable bonds is 7. The third kappa shape index (κ3) is 4.24. The van der Waals surface area contributed by atoms with E-state index in [1.54, 1.807) is 7.11 Å². The Bertz CT molecular complexity index is 282. The second-order valence-electron chi connectivity index (χ2n) is 4.64. The summed E-state index contributed by atoms with van der Waals surface area (Å²) in [7, 11) is 1.77. The average Bonchev–Trinajstić information content (AvgIpc) is 2.78. The van der Waals surface area contributed by atoms with Crippen LogP contribution in [0.15, 0.2) is 17.5 Å². The van der Waals surface area contributed by atoms with Crippen molar-refractivity contribution in [1.82, 2.24) is 5.32 Å². The Morgan fingerprint density at radius 3 is 2.75 bits per heavy atom. The molecular formula is C13H23NOS. The lowest BCUT2D eigenvalue weighted by molar-refractivity contribution is 0.0153. The normalized spacial score (nSPS) is 14.0. The molecule has 0 aliphatic heterocycles. The zero-order chi connectivity index (χ0) is 12.0. The van der Waals surface area contributed by atoms with Gasteiger partial charge in [-0.25, -0.2) is 0 Å². The molecule has 1 aromatic rings. The van der Waals surface area contributed by atoms with Crippen molar-refractivity contribution < 1.29 is 4.74 Å². The maximum Gasteiger partial charge on any atom is 0.0634 e. The van der Waals surface area contributed by atoms with Crippen LogP contribution in [0.2, 0.25) is 0 Å². The minimum atomic E-state index is -0.0270. The third-order valence-electron chi connectivity index (χ3n) is 2.97. The topological polar surface area (TPSA) is 21.3 Å². The predicted octanol–water partition coefficient (Wildman–Crippen LogP) is 3.60. The molecule has 0 aromatic carbocycles. The Hall–Kier alpha value is -0.380. The summed E-state index contributed by atoms with van der Waals surface area (Å²) in [5.41, 5.74) is -0.0270. The minimum Gasteiger partial charge on any atom is -0.379 e. The Kier molecular flexibility index (Phi) is 5.46. The molecule has 92 valence electrons. The Morgan fingerprint density at radius 2 is 2.25 bits per heavy atom. The standard InChI is InChI=1S/C13H23NOS/c1-5-11(12-7-6-10-16-12)14-9-8-13(2,3)15-4/h6-7,10-11,14H,5,8-9H2,1-4H3. The highest BCUT2D eigenvalue weighted by molar-refractivity contribution is 7.10. The molecule has 1 heterocycles. The molecule has 3 heteroatoms. The maximum atomic E-state index is 5.41. The molecule has 1 rings (SSSR count). The van der Waals surface area contributed by atoms with Gasteiger partial charge in [0.2, 0.25) is 0 Å². The van der Waals surface area contributed by atoms with Gasteiger partial charge >= 0.3 is 0 Å². The van der Waals surface area contributed by atoms with E-state index >= 15 is 0 Å². The number of hydrogen-bond donors (Lipinski definition) is 1. The fourth-order valence-electron chi connectivity index (χ4n) is 1.59. The molecule has 0 radical (unpaired) electrons. The third-order valence-corrected chi connectivity index (χ3v) is 3.95. The molecule has 0 saturated carbocycles. The predicted molar refractivity (Wildman–Crippen MR) is 71.1 cm³/mol. The van der Waals surface area contributed by atoms with E-state index in [4.69, 9.17) is 4.74 Å². The highest BCUT2D eigenvalue weighted by Gasteiger charge is 2.17. The molecule has 0 aliphatic rings. The van der Waals surface area contributed by atoms with Gasteiger partial charge in [0.15, 0.2) is 0 Å². The van der Waals surface area contributed by atoms with Crippen molar-refractivity contribution in [3.8, 4) is 0 Å². The summed E-state index contributed by atoms with van der Waals surface area (Å²) in [4.78, 5) is 1.43. The van der Waals surface area contributed by atoms with Gasteiger partial charge in [0.25, 0.3) is 0 Å². The van der Waals surface area contributed by atoms with Crippen LogP contribution in [0.3, 0.4) is 0 Å². The van der Waals surface area contributed by atoms with Crippen LogP contribution in [0, 0.1) is 0 Å². The van der Waals surface area contributed by atoms with Gasteiger partial charge in [0.05, 0.1) is 5.60 Å². The molecule has 16 heavy (non-hydrogen) atoms. The van der Waals surface area contributed by atoms with Gasteiger partial charge in [0.1, 0.15) is 0 Å². The Labute approximate surface area is 103 Å². The van der Waals surface area contributed by atoms with Crippen molar-refractivity contribution >= 4 is 11.3 Å². The van der Waals surface area contributed by atoms with Gasteiger partial charge in [-0.15, -0.1) is 11.3 Å². The molecule has 0 saturated heterocycles. The molecule has 1 N–H and O–H groups in total. The van der Waals surface area contributed by atoms with Crippen molar-refractivity contribution in [1.29, 1.82) is 0 Å². The Balaban J connectivity index is 2.36. The van der Waals surface area contributed by atoms with Gasteiger partial charge in [-0.2, -0.15) is 0 Å². The first kappa shape index (κ1) is 13.7. The summed E-state index contributed by atoms with van der Waals surface area (Å²) in [5.74, 6) is 0. The molecule has 0 fully saturated rings. The van der Waals surface area contributed by atoms with E-state index in [0.29, 0.717) is 6.04 Å². The Morgan fingerprint density at radius 1 is 1.50 bits per heavy atom. The van der Waals surface area contributed by atoms with Crippen LogP contribution in [0.25, 0.3) is 0 Å². The first-order chi connectivity index (χ1) is 7.59. The summed E-state index contributed by atoms with van der Waals surface area (Å²) in [5, 5.41) is 5.73. The van der Waals surface area contributed by atoms with Gasteiger partial charge in [0, 0.05) is 18.0 Å². The van der Waals surface area contributed by atoms with Crippen LogP contribution >= 0.6 is 11.3 Å². The number of methoxy groups -OCH3 is 1. The molecular weight excluding hydrogens is 218 g/mol. The number of ether oxygens (including phenoxy) is 1. The molecule has 1 unspecified atom stereocenters. The van der Waals surface area contributed by atoms with Crippen molar-refractivity contribution in [2.45, 2.75) is 45.3 Å². The molecule has 2 nitrogen and oxygen atoms in total. The van der Waals surface area contributed by atoms with Crippen molar-refractivity contribution in [2.24, 2.45) is 0 Å². The van der Waals surface area contributed by atoms with Crippen molar-refractivity contribution in [3.05, 3.63) is 22.4 Å². The number of hydrogen-bond acceptors (Lipinski definition) is 3.